The van der Waals surface area contributed by atoms with Crippen LogP contribution in [0.1, 0.15) is 30.3 Å². The van der Waals surface area contributed by atoms with Crippen molar-refractivity contribution >= 4 is 45.2 Å². The number of hydrogen-bond acceptors (Lipinski definition) is 3. The SMILES string of the molecule is CC1NCCCC1NC(=O)c1cc2cc(Br)ccc2o1.Cl. The van der Waals surface area contributed by atoms with Gasteiger partial charge in [-0.2, -0.15) is 0 Å². The number of amides is 1. The predicted octanol–water partition coefficient (Wildman–Crippen LogP) is 3.49. The fourth-order valence-corrected chi connectivity index (χ4v) is 2.99. The van der Waals surface area contributed by atoms with E-state index in [2.05, 4.69) is 33.5 Å². The summed E-state index contributed by atoms with van der Waals surface area (Å²) < 4.78 is 6.58. The first kappa shape index (κ1) is 16.3. The van der Waals surface area contributed by atoms with Crippen LogP contribution in [0.25, 0.3) is 11.0 Å². The van der Waals surface area contributed by atoms with Crippen molar-refractivity contribution in [1.82, 2.24) is 10.6 Å². The molecule has 0 spiro atoms. The molecular weight excluding hydrogens is 356 g/mol. The van der Waals surface area contributed by atoms with Gasteiger partial charge in [0.25, 0.3) is 5.91 Å². The smallest absolute Gasteiger partial charge is 0.287 e. The summed E-state index contributed by atoms with van der Waals surface area (Å²) in [6.07, 6.45) is 2.09. The topological polar surface area (TPSA) is 54.3 Å². The lowest BCUT2D eigenvalue weighted by Crippen LogP contribution is -2.51. The Kier molecular flexibility index (Phi) is 5.30. The largest absolute Gasteiger partial charge is 0.451 e. The third-order valence-corrected chi connectivity index (χ3v) is 4.27. The molecule has 2 atom stereocenters. The Hall–Kier alpha value is -1.04. The average Bonchev–Trinajstić information content (AvgIpc) is 2.84. The molecule has 21 heavy (non-hydrogen) atoms. The molecule has 2 heterocycles. The van der Waals surface area contributed by atoms with Gasteiger partial charge in [-0.05, 0) is 50.6 Å². The van der Waals surface area contributed by atoms with Crippen molar-refractivity contribution in [2.75, 3.05) is 6.54 Å². The van der Waals surface area contributed by atoms with Gasteiger partial charge in [0.2, 0.25) is 0 Å². The summed E-state index contributed by atoms with van der Waals surface area (Å²) in [6, 6.07) is 7.96. The first-order chi connectivity index (χ1) is 9.63. The van der Waals surface area contributed by atoms with Gasteiger partial charge in [0, 0.05) is 21.9 Å². The summed E-state index contributed by atoms with van der Waals surface area (Å²) in [4.78, 5) is 12.3. The predicted molar refractivity (Wildman–Crippen MR) is 89.1 cm³/mol. The number of halogens is 2. The first-order valence-corrected chi connectivity index (χ1v) is 7.66. The molecule has 4 nitrogen and oxygen atoms in total. The summed E-state index contributed by atoms with van der Waals surface area (Å²) in [5.74, 6) is 0.230. The van der Waals surface area contributed by atoms with Crippen LogP contribution in [-0.4, -0.2) is 24.5 Å². The van der Waals surface area contributed by atoms with Crippen LogP contribution in [-0.2, 0) is 0 Å². The van der Waals surface area contributed by atoms with Gasteiger partial charge in [-0.3, -0.25) is 4.79 Å². The van der Waals surface area contributed by atoms with Crippen molar-refractivity contribution in [3.05, 3.63) is 34.5 Å². The Morgan fingerprint density at radius 3 is 3.00 bits per heavy atom. The zero-order chi connectivity index (χ0) is 14.1. The number of fused-ring (bicyclic) bond motifs is 1. The van der Waals surface area contributed by atoms with Crippen LogP contribution in [0, 0.1) is 0 Å². The van der Waals surface area contributed by atoms with E-state index in [9.17, 15) is 4.79 Å². The number of hydrogen-bond donors (Lipinski definition) is 2. The van der Waals surface area contributed by atoms with Crippen molar-refractivity contribution in [2.45, 2.75) is 31.8 Å². The standard InChI is InChI=1S/C15H17BrN2O2.ClH/c1-9-12(3-2-6-17-9)18-15(19)14-8-10-7-11(16)4-5-13(10)20-14;/h4-5,7-9,12,17H,2-3,6H2,1H3,(H,18,19);1H. The quantitative estimate of drug-likeness (QED) is 0.847. The van der Waals surface area contributed by atoms with Gasteiger partial charge in [0.15, 0.2) is 5.76 Å². The minimum Gasteiger partial charge on any atom is -0.451 e. The van der Waals surface area contributed by atoms with Crippen LogP contribution in [0.2, 0.25) is 0 Å². The van der Waals surface area contributed by atoms with Gasteiger partial charge in [0.1, 0.15) is 5.58 Å². The molecule has 114 valence electrons. The molecule has 0 saturated carbocycles. The Labute approximate surface area is 138 Å². The fourth-order valence-electron chi connectivity index (χ4n) is 2.61. The van der Waals surface area contributed by atoms with Gasteiger partial charge < -0.3 is 15.1 Å². The minimum absolute atomic E-state index is 0. The first-order valence-electron chi connectivity index (χ1n) is 6.87. The van der Waals surface area contributed by atoms with Gasteiger partial charge in [-0.1, -0.05) is 15.9 Å². The monoisotopic (exact) mass is 372 g/mol. The number of nitrogens with one attached hydrogen (secondary N) is 2. The molecular formula is C15H18BrClN2O2. The average molecular weight is 374 g/mol. The van der Waals surface area contributed by atoms with Crippen molar-refractivity contribution in [3.63, 3.8) is 0 Å². The normalized spacial score (nSPS) is 21.8. The highest BCUT2D eigenvalue weighted by Gasteiger charge is 2.24. The molecule has 6 heteroatoms. The molecule has 0 bridgehead atoms. The van der Waals surface area contributed by atoms with E-state index in [0.29, 0.717) is 11.8 Å². The van der Waals surface area contributed by atoms with Gasteiger partial charge in [-0.15, -0.1) is 12.4 Å². The summed E-state index contributed by atoms with van der Waals surface area (Å²) in [5, 5.41) is 7.35. The molecule has 0 radical (unpaired) electrons. The fraction of sp³-hybridized carbons (Fsp3) is 0.400. The number of carbonyl (C=O) groups excluding carboxylic acids is 1. The molecule has 1 saturated heterocycles. The highest BCUT2D eigenvalue weighted by atomic mass is 79.9. The van der Waals surface area contributed by atoms with E-state index in [1.807, 2.05) is 18.2 Å². The molecule has 2 aromatic rings. The minimum atomic E-state index is -0.141. The van der Waals surface area contributed by atoms with Gasteiger partial charge >= 0.3 is 0 Å². The zero-order valence-electron chi connectivity index (χ0n) is 11.7. The van der Waals surface area contributed by atoms with E-state index in [4.69, 9.17) is 4.42 Å². The maximum atomic E-state index is 12.3. The number of rotatable bonds is 2. The molecule has 1 amide bonds. The van der Waals surface area contributed by atoms with Crippen LogP contribution < -0.4 is 10.6 Å². The van der Waals surface area contributed by atoms with Gasteiger partial charge in [0.05, 0.1) is 0 Å². The van der Waals surface area contributed by atoms with E-state index in [1.165, 1.54) is 0 Å². The Morgan fingerprint density at radius 1 is 1.43 bits per heavy atom. The molecule has 1 aromatic carbocycles. The molecule has 0 aliphatic carbocycles. The summed E-state index contributed by atoms with van der Waals surface area (Å²) in [6.45, 7) is 3.12. The van der Waals surface area contributed by atoms with Crippen LogP contribution in [0.15, 0.2) is 33.2 Å². The lowest BCUT2D eigenvalue weighted by atomic mass is 10.00. The Morgan fingerprint density at radius 2 is 2.24 bits per heavy atom. The van der Waals surface area contributed by atoms with Crippen molar-refractivity contribution in [3.8, 4) is 0 Å². The molecule has 2 N–H and O–H groups in total. The van der Waals surface area contributed by atoms with E-state index in [1.54, 1.807) is 6.07 Å². The Balaban J connectivity index is 0.00000161. The number of benzene rings is 1. The molecule has 2 unspecified atom stereocenters. The second-order valence-corrected chi connectivity index (χ2v) is 6.17. The molecule has 1 aromatic heterocycles. The summed E-state index contributed by atoms with van der Waals surface area (Å²) in [5.41, 5.74) is 0.730. The van der Waals surface area contributed by atoms with E-state index in [0.717, 1.165) is 34.8 Å². The van der Waals surface area contributed by atoms with Crippen LogP contribution in [0.5, 0.6) is 0 Å². The third-order valence-electron chi connectivity index (χ3n) is 3.78. The van der Waals surface area contributed by atoms with Crippen molar-refractivity contribution in [1.29, 1.82) is 0 Å². The highest BCUT2D eigenvalue weighted by molar-refractivity contribution is 9.10. The van der Waals surface area contributed by atoms with E-state index >= 15 is 0 Å². The lowest BCUT2D eigenvalue weighted by Gasteiger charge is -2.30. The van der Waals surface area contributed by atoms with Crippen LogP contribution >= 0.6 is 28.3 Å². The number of furan rings is 1. The lowest BCUT2D eigenvalue weighted by molar-refractivity contribution is 0.0894. The summed E-state index contributed by atoms with van der Waals surface area (Å²) >= 11 is 3.42. The highest BCUT2D eigenvalue weighted by Crippen LogP contribution is 2.23. The number of piperidine rings is 1. The second kappa shape index (κ2) is 6.81. The van der Waals surface area contributed by atoms with Crippen molar-refractivity contribution in [2.24, 2.45) is 0 Å². The molecule has 1 fully saturated rings. The van der Waals surface area contributed by atoms with Gasteiger partial charge in [-0.25, -0.2) is 0 Å². The number of carbonyl (C=O) groups is 1. The van der Waals surface area contributed by atoms with Crippen LogP contribution in [0.3, 0.4) is 0 Å². The molecule has 3 rings (SSSR count). The van der Waals surface area contributed by atoms with E-state index in [-0.39, 0.29) is 24.4 Å². The maximum absolute atomic E-state index is 12.3. The summed E-state index contributed by atoms with van der Waals surface area (Å²) in [7, 11) is 0. The molecule has 1 aliphatic heterocycles. The van der Waals surface area contributed by atoms with Crippen LogP contribution in [0.4, 0.5) is 0 Å². The Bertz CT molecular complexity index is 644. The third kappa shape index (κ3) is 3.59. The van der Waals surface area contributed by atoms with Crippen molar-refractivity contribution < 1.29 is 9.21 Å². The van der Waals surface area contributed by atoms with E-state index < -0.39 is 0 Å². The maximum Gasteiger partial charge on any atom is 0.287 e. The zero-order valence-corrected chi connectivity index (χ0v) is 14.1. The second-order valence-electron chi connectivity index (χ2n) is 5.26. The molecule has 1 aliphatic rings.